The molecule has 5 nitrogen and oxygen atoms in total. The van der Waals surface area contributed by atoms with E-state index in [2.05, 4.69) is 9.88 Å². The molecule has 0 spiro atoms. The summed E-state index contributed by atoms with van der Waals surface area (Å²) in [4.78, 5) is 12.4. The highest BCUT2D eigenvalue weighted by Gasteiger charge is 2.19. The van der Waals surface area contributed by atoms with E-state index >= 15 is 0 Å². The summed E-state index contributed by atoms with van der Waals surface area (Å²) in [6.07, 6.45) is 4.11. The van der Waals surface area contributed by atoms with E-state index in [0.29, 0.717) is 6.54 Å². The maximum absolute atomic E-state index is 12.4. The predicted octanol–water partition coefficient (Wildman–Crippen LogP) is 3.51. The first kappa shape index (κ1) is 18.9. The minimum Gasteiger partial charge on any atom is -0.376 e. The number of rotatable bonds is 6. The van der Waals surface area contributed by atoms with Crippen LogP contribution in [0.15, 0.2) is 42.0 Å². The summed E-state index contributed by atoms with van der Waals surface area (Å²) in [5.41, 5.74) is 4.17. The maximum Gasteiger partial charge on any atom is 0.262 e. The zero-order chi connectivity index (χ0) is 19.2. The Bertz CT molecular complexity index is 869. The van der Waals surface area contributed by atoms with Gasteiger partial charge in [0.25, 0.3) is 5.91 Å². The molecule has 27 heavy (non-hydrogen) atoms. The largest absolute Gasteiger partial charge is 0.376 e. The van der Waals surface area contributed by atoms with E-state index in [1.807, 2.05) is 56.3 Å². The number of nitrogens with zero attached hydrogens (tertiary/aromatic N) is 2. The maximum atomic E-state index is 12.4. The molecule has 1 aromatic heterocycles. The molecular weight excluding hydrogens is 338 g/mol. The van der Waals surface area contributed by atoms with E-state index in [-0.39, 0.29) is 17.6 Å². The molecule has 5 heteroatoms. The molecule has 1 aliphatic heterocycles. The minimum atomic E-state index is -0.356. The number of ether oxygens (including phenoxy) is 1. The molecule has 2 aromatic rings. The number of amides is 1. The molecule has 3 rings (SSSR count). The lowest BCUT2D eigenvalue weighted by molar-refractivity contribution is -0.117. The molecule has 1 amide bonds. The fourth-order valence-electron chi connectivity index (χ4n) is 3.42. The molecule has 0 aliphatic carbocycles. The Labute approximate surface area is 160 Å². The summed E-state index contributed by atoms with van der Waals surface area (Å²) >= 11 is 0. The summed E-state index contributed by atoms with van der Waals surface area (Å²) in [6, 6.07) is 13.7. The Morgan fingerprint density at radius 1 is 1.37 bits per heavy atom. The normalized spacial score (nSPS) is 16.9. The summed E-state index contributed by atoms with van der Waals surface area (Å²) in [5, 5.41) is 12.3. The van der Waals surface area contributed by atoms with E-state index in [1.165, 1.54) is 0 Å². The second kappa shape index (κ2) is 8.70. The average Bonchev–Trinajstić information content (AvgIpc) is 3.29. The Kier molecular flexibility index (Phi) is 6.10. The average molecular weight is 363 g/mol. The van der Waals surface area contributed by atoms with Crippen molar-refractivity contribution in [3.05, 3.63) is 64.5 Å². The second-order valence-corrected chi connectivity index (χ2v) is 6.91. The summed E-state index contributed by atoms with van der Waals surface area (Å²) in [5.74, 6) is -0.356. The van der Waals surface area contributed by atoms with Crippen molar-refractivity contribution < 1.29 is 9.53 Å². The van der Waals surface area contributed by atoms with Gasteiger partial charge in [-0.1, -0.05) is 30.3 Å². The van der Waals surface area contributed by atoms with Gasteiger partial charge in [-0.15, -0.1) is 0 Å². The smallest absolute Gasteiger partial charge is 0.262 e. The van der Waals surface area contributed by atoms with E-state index in [9.17, 15) is 10.1 Å². The van der Waals surface area contributed by atoms with E-state index in [1.54, 1.807) is 6.08 Å². The number of nitriles is 1. The first-order valence-corrected chi connectivity index (χ1v) is 9.30. The lowest BCUT2D eigenvalue weighted by atomic mass is 10.1. The fourth-order valence-corrected chi connectivity index (χ4v) is 3.42. The van der Waals surface area contributed by atoms with Crippen molar-refractivity contribution in [1.82, 2.24) is 9.88 Å². The highest BCUT2D eigenvalue weighted by molar-refractivity contribution is 6.01. The Morgan fingerprint density at radius 2 is 2.15 bits per heavy atom. The first-order chi connectivity index (χ1) is 13.1. The second-order valence-electron chi connectivity index (χ2n) is 6.91. The van der Waals surface area contributed by atoms with Crippen LogP contribution in [-0.4, -0.2) is 23.2 Å². The standard InChI is InChI=1S/C22H25N3O2/c1-16-11-19(17(2)25(16)15-21-9-6-10-27-21)12-20(13-23)22(26)24-14-18-7-4-3-5-8-18/h3-5,7-8,11-12,21H,6,9-10,14-15H2,1-2H3,(H,24,26)/b20-12+. The monoisotopic (exact) mass is 363 g/mol. The molecule has 0 bridgehead atoms. The van der Waals surface area contributed by atoms with Gasteiger partial charge in [0.1, 0.15) is 11.6 Å². The van der Waals surface area contributed by atoms with Crippen LogP contribution in [0.25, 0.3) is 6.08 Å². The molecule has 1 unspecified atom stereocenters. The van der Waals surface area contributed by atoms with Crippen molar-refractivity contribution in [1.29, 1.82) is 5.26 Å². The Hall–Kier alpha value is -2.84. The number of carbonyl (C=O) groups excluding carboxylic acids is 1. The minimum absolute atomic E-state index is 0.114. The van der Waals surface area contributed by atoms with E-state index < -0.39 is 0 Å². The molecule has 1 saturated heterocycles. The molecule has 140 valence electrons. The third-order valence-electron chi connectivity index (χ3n) is 4.98. The van der Waals surface area contributed by atoms with Gasteiger partial charge in [-0.3, -0.25) is 4.79 Å². The van der Waals surface area contributed by atoms with Gasteiger partial charge in [-0.25, -0.2) is 0 Å². The van der Waals surface area contributed by atoms with Crippen LogP contribution >= 0.6 is 0 Å². The Balaban J connectivity index is 1.73. The number of hydrogen-bond donors (Lipinski definition) is 1. The van der Waals surface area contributed by atoms with Crippen LogP contribution in [-0.2, 0) is 22.6 Å². The van der Waals surface area contributed by atoms with Crippen molar-refractivity contribution in [3.8, 4) is 6.07 Å². The van der Waals surface area contributed by atoms with Crippen LogP contribution in [0.3, 0.4) is 0 Å². The van der Waals surface area contributed by atoms with Gasteiger partial charge in [0.15, 0.2) is 0 Å². The van der Waals surface area contributed by atoms with Gasteiger partial charge in [0.2, 0.25) is 0 Å². The molecule has 0 saturated carbocycles. The predicted molar refractivity (Wildman–Crippen MR) is 105 cm³/mol. The van der Waals surface area contributed by atoms with Gasteiger partial charge >= 0.3 is 0 Å². The molecule has 1 atom stereocenters. The summed E-state index contributed by atoms with van der Waals surface area (Å²) < 4.78 is 7.94. The van der Waals surface area contributed by atoms with Crippen molar-refractivity contribution in [2.45, 2.75) is 45.9 Å². The zero-order valence-electron chi connectivity index (χ0n) is 15.9. The van der Waals surface area contributed by atoms with Gasteiger partial charge in [-0.2, -0.15) is 5.26 Å². The molecular formula is C22H25N3O2. The van der Waals surface area contributed by atoms with Crippen molar-refractivity contribution in [2.75, 3.05) is 6.61 Å². The third kappa shape index (κ3) is 4.66. The van der Waals surface area contributed by atoms with Gasteiger partial charge < -0.3 is 14.6 Å². The number of benzene rings is 1. The molecule has 1 N–H and O–H groups in total. The van der Waals surface area contributed by atoms with Crippen LogP contribution in [0.5, 0.6) is 0 Å². The quantitative estimate of drug-likeness (QED) is 0.631. The van der Waals surface area contributed by atoms with Crippen molar-refractivity contribution >= 4 is 12.0 Å². The highest BCUT2D eigenvalue weighted by Crippen LogP contribution is 2.22. The number of aromatic nitrogens is 1. The fraction of sp³-hybridized carbons (Fsp3) is 0.364. The molecule has 0 radical (unpaired) electrons. The molecule has 1 aromatic carbocycles. The number of hydrogen-bond acceptors (Lipinski definition) is 3. The van der Waals surface area contributed by atoms with Crippen LogP contribution in [0, 0.1) is 25.2 Å². The van der Waals surface area contributed by atoms with Crippen molar-refractivity contribution in [2.24, 2.45) is 0 Å². The Morgan fingerprint density at radius 3 is 2.81 bits per heavy atom. The van der Waals surface area contributed by atoms with E-state index in [4.69, 9.17) is 4.74 Å². The van der Waals surface area contributed by atoms with Crippen LogP contribution in [0.4, 0.5) is 0 Å². The molecule has 1 aliphatic rings. The van der Waals surface area contributed by atoms with Crippen LogP contribution in [0.1, 0.15) is 35.4 Å². The highest BCUT2D eigenvalue weighted by atomic mass is 16.5. The van der Waals surface area contributed by atoms with E-state index in [0.717, 1.165) is 48.5 Å². The molecule has 1 fully saturated rings. The van der Waals surface area contributed by atoms with Crippen molar-refractivity contribution in [3.63, 3.8) is 0 Å². The summed E-state index contributed by atoms with van der Waals surface area (Å²) in [6.45, 7) is 6.10. The third-order valence-corrected chi connectivity index (χ3v) is 4.98. The number of aryl methyl sites for hydroxylation is 1. The topological polar surface area (TPSA) is 67.0 Å². The lowest BCUT2D eigenvalue weighted by Crippen LogP contribution is -2.23. The van der Waals surface area contributed by atoms with Gasteiger partial charge in [0.05, 0.1) is 6.10 Å². The summed E-state index contributed by atoms with van der Waals surface area (Å²) in [7, 11) is 0. The van der Waals surface area contributed by atoms with Gasteiger partial charge in [-0.05, 0) is 50.0 Å². The lowest BCUT2D eigenvalue weighted by Gasteiger charge is -2.14. The SMILES string of the molecule is Cc1cc(/C=C(\C#N)C(=O)NCc2ccccc2)c(C)n1CC1CCCO1. The first-order valence-electron chi connectivity index (χ1n) is 9.30. The zero-order valence-corrected chi connectivity index (χ0v) is 15.9. The van der Waals surface area contributed by atoms with Crippen LogP contribution < -0.4 is 5.32 Å². The molecule has 2 heterocycles. The van der Waals surface area contributed by atoms with Crippen LogP contribution in [0.2, 0.25) is 0 Å². The number of carbonyl (C=O) groups is 1. The van der Waals surface area contributed by atoms with Gasteiger partial charge in [0, 0.05) is 31.1 Å². The number of nitrogens with one attached hydrogen (secondary N) is 1.